The topological polar surface area (TPSA) is 67.1 Å². The van der Waals surface area contributed by atoms with Crippen LogP contribution in [-0.2, 0) is 13.1 Å². The van der Waals surface area contributed by atoms with Gasteiger partial charge in [0.1, 0.15) is 0 Å². The molecule has 6 nitrogen and oxygen atoms in total. The summed E-state index contributed by atoms with van der Waals surface area (Å²) in [7, 11) is 0. The Bertz CT molecular complexity index is 779. The summed E-state index contributed by atoms with van der Waals surface area (Å²) in [6, 6.07) is 16.0. The number of hydrogen-bond donors (Lipinski definition) is 2. The second-order valence-corrected chi connectivity index (χ2v) is 5.49. The Labute approximate surface area is 147 Å². The molecule has 0 bridgehead atoms. The molecule has 0 aliphatic heterocycles. The average Bonchev–Trinajstić information content (AvgIpc) is 3.20. The van der Waals surface area contributed by atoms with Crippen LogP contribution in [0.1, 0.15) is 18.2 Å². The molecule has 6 heteroatoms. The van der Waals surface area contributed by atoms with Crippen LogP contribution in [0.15, 0.2) is 72.1 Å². The fourth-order valence-corrected chi connectivity index (χ4v) is 2.36. The number of nitrogens with one attached hydrogen (secondary N) is 2. The lowest BCUT2D eigenvalue weighted by atomic mass is 10.2. The molecule has 2 aromatic heterocycles. The molecule has 0 amide bonds. The zero-order chi connectivity index (χ0) is 17.3. The van der Waals surface area contributed by atoms with Crippen molar-refractivity contribution >= 4 is 5.96 Å². The van der Waals surface area contributed by atoms with Crippen LogP contribution in [0.2, 0.25) is 0 Å². The molecular formula is C19H22N6. The average molecular weight is 334 g/mol. The maximum absolute atomic E-state index is 4.64. The number of hydrogen-bond acceptors (Lipinski definition) is 3. The van der Waals surface area contributed by atoms with Crippen molar-refractivity contribution in [3.8, 4) is 5.69 Å². The van der Waals surface area contributed by atoms with Crippen molar-refractivity contribution in [1.29, 1.82) is 0 Å². The summed E-state index contributed by atoms with van der Waals surface area (Å²) in [5.41, 5.74) is 3.17. The van der Waals surface area contributed by atoms with E-state index < -0.39 is 0 Å². The van der Waals surface area contributed by atoms with Crippen molar-refractivity contribution < 1.29 is 0 Å². The summed E-state index contributed by atoms with van der Waals surface area (Å²) in [4.78, 5) is 8.95. The highest BCUT2D eigenvalue weighted by atomic mass is 15.3. The summed E-state index contributed by atoms with van der Waals surface area (Å²) in [5.74, 6) is 0.782. The van der Waals surface area contributed by atoms with Crippen LogP contribution in [0.5, 0.6) is 0 Å². The zero-order valence-corrected chi connectivity index (χ0v) is 14.3. The molecular weight excluding hydrogens is 312 g/mol. The normalized spacial score (nSPS) is 11.3. The maximum atomic E-state index is 4.64. The SMILES string of the molecule is CCNC(=NCc1ccc(-n2cccn2)cc1)NCc1ccccn1. The van der Waals surface area contributed by atoms with Crippen LogP contribution in [0.3, 0.4) is 0 Å². The minimum absolute atomic E-state index is 0.608. The third kappa shape index (κ3) is 4.91. The van der Waals surface area contributed by atoms with Crippen molar-refractivity contribution in [2.45, 2.75) is 20.0 Å². The molecule has 0 saturated heterocycles. The van der Waals surface area contributed by atoms with Gasteiger partial charge in [0.25, 0.3) is 0 Å². The Kier molecular flexibility index (Phi) is 5.77. The third-order valence-corrected chi connectivity index (χ3v) is 3.63. The second-order valence-electron chi connectivity index (χ2n) is 5.49. The van der Waals surface area contributed by atoms with Crippen LogP contribution in [0.25, 0.3) is 5.69 Å². The lowest BCUT2D eigenvalue weighted by Gasteiger charge is -2.11. The summed E-state index contributed by atoms with van der Waals surface area (Å²) in [6.45, 7) is 4.12. The van der Waals surface area contributed by atoms with Gasteiger partial charge in [0, 0.05) is 25.1 Å². The minimum atomic E-state index is 0.608. The van der Waals surface area contributed by atoms with Crippen LogP contribution in [0, 0.1) is 0 Å². The quantitative estimate of drug-likeness (QED) is 0.537. The largest absolute Gasteiger partial charge is 0.357 e. The van der Waals surface area contributed by atoms with Crippen molar-refractivity contribution in [3.63, 3.8) is 0 Å². The number of nitrogens with zero attached hydrogens (tertiary/aromatic N) is 4. The Morgan fingerprint density at radius 2 is 1.92 bits per heavy atom. The molecule has 2 N–H and O–H groups in total. The molecule has 0 radical (unpaired) electrons. The number of aromatic nitrogens is 3. The Morgan fingerprint density at radius 3 is 2.60 bits per heavy atom. The van der Waals surface area contributed by atoms with E-state index in [-0.39, 0.29) is 0 Å². The van der Waals surface area contributed by atoms with Gasteiger partial charge in [-0.2, -0.15) is 5.10 Å². The molecule has 0 aliphatic carbocycles. The standard InChI is InChI=1S/C19H22N6/c1-2-20-19(23-15-17-6-3-4-11-21-17)22-14-16-7-9-18(10-8-16)25-13-5-12-24-25/h3-13H,2,14-15H2,1H3,(H2,20,22,23). The van der Waals surface area contributed by atoms with E-state index in [4.69, 9.17) is 0 Å². The van der Waals surface area contributed by atoms with E-state index in [0.29, 0.717) is 13.1 Å². The van der Waals surface area contributed by atoms with Gasteiger partial charge in [0.05, 0.1) is 24.5 Å². The summed E-state index contributed by atoms with van der Waals surface area (Å²) < 4.78 is 1.84. The number of guanidine groups is 1. The van der Waals surface area contributed by atoms with Gasteiger partial charge in [-0.05, 0) is 42.8 Å². The second kappa shape index (κ2) is 8.63. The predicted octanol–water partition coefficient (Wildman–Crippen LogP) is 2.52. The molecule has 1 aromatic carbocycles. The number of rotatable bonds is 6. The lowest BCUT2D eigenvalue weighted by molar-refractivity contribution is 0.799. The minimum Gasteiger partial charge on any atom is -0.357 e. The summed E-state index contributed by atoms with van der Waals surface area (Å²) in [6.07, 6.45) is 5.49. The van der Waals surface area contributed by atoms with Crippen LogP contribution in [0.4, 0.5) is 0 Å². The highest BCUT2D eigenvalue weighted by Crippen LogP contribution is 2.09. The van der Waals surface area contributed by atoms with Crippen molar-refractivity contribution in [3.05, 3.63) is 78.4 Å². The molecule has 0 unspecified atom stereocenters. The first-order chi connectivity index (χ1) is 12.3. The highest BCUT2D eigenvalue weighted by molar-refractivity contribution is 5.79. The third-order valence-electron chi connectivity index (χ3n) is 3.63. The first kappa shape index (κ1) is 16.7. The smallest absolute Gasteiger partial charge is 0.191 e. The van der Waals surface area contributed by atoms with Crippen molar-refractivity contribution in [1.82, 2.24) is 25.4 Å². The van der Waals surface area contributed by atoms with Gasteiger partial charge in [0.15, 0.2) is 5.96 Å². The molecule has 0 aliphatic rings. The van der Waals surface area contributed by atoms with E-state index in [9.17, 15) is 0 Å². The zero-order valence-electron chi connectivity index (χ0n) is 14.3. The first-order valence-electron chi connectivity index (χ1n) is 8.36. The predicted molar refractivity (Wildman–Crippen MR) is 99.5 cm³/mol. The van der Waals surface area contributed by atoms with E-state index in [1.54, 1.807) is 12.4 Å². The van der Waals surface area contributed by atoms with Crippen LogP contribution >= 0.6 is 0 Å². The van der Waals surface area contributed by atoms with Crippen molar-refractivity contribution in [2.24, 2.45) is 4.99 Å². The van der Waals surface area contributed by atoms with E-state index in [1.165, 1.54) is 0 Å². The van der Waals surface area contributed by atoms with Crippen molar-refractivity contribution in [2.75, 3.05) is 6.54 Å². The van der Waals surface area contributed by atoms with Crippen LogP contribution < -0.4 is 10.6 Å². The van der Waals surface area contributed by atoms with Gasteiger partial charge >= 0.3 is 0 Å². The van der Waals surface area contributed by atoms with Gasteiger partial charge in [-0.1, -0.05) is 18.2 Å². The molecule has 25 heavy (non-hydrogen) atoms. The summed E-state index contributed by atoms with van der Waals surface area (Å²) >= 11 is 0. The van der Waals surface area contributed by atoms with Gasteiger partial charge in [0.2, 0.25) is 0 Å². The van der Waals surface area contributed by atoms with E-state index in [2.05, 4.69) is 44.8 Å². The molecule has 128 valence electrons. The maximum Gasteiger partial charge on any atom is 0.191 e. The van der Waals surface area contributed by atoms with Gasteiger partial charge in [-0.25, -0.2) is 9.67 Å². The fourth-order valence-electron chi connectivity index (χ4n) is 2.36. The van der Waals surface area contributed by atoms with E-state index >= 15 is 0 Å². The first-order valence-corrected chi connectivity index (χ1v) is 8.36. The molecule has 0 spiro atoms. The highest BCUT2D eigenvalue weighted by Gasteiger charge is 2.00. The number of pyridine rings is 1. The van der Waals surface area contributed by atoms with Gasteiger partial charge < -0.3 is 10.6 Å². The summed E-state index contributed by atoms with van der Waals surface area (Å²) in [5, 5.41) is 10.8. The molecule has 3 rings (SSSR count). The Morgan fingerprint density at radius 1 is 1.04 bits per heavy atom. The van der Waals surface area contributed by atoms with Gasteiger partial charge in [-0.15, -0.1) is 0 Å². The molecule has 2 heterocycles. The Balaban J connectivity index is 1.60. The lowest BCUT2D eigenvalue weighted by Crippen LogP contribution is -2.36. The molecule has 3 aromatic rings. The molecule has 0 fully saturated rings. The van der Waals surface area contributed by atoms with Gasteiger partial charge in [-0.3, -0.25) is 4.98 Å². The molecule has 0 saturated carbocycles. The monoisotopic (exact) mass is 334 g/mol. The van der Waals surface area contributed by atoms with Crippen LogP contribution in [-0.4, -0.2) is 27.3 Å². The van der Waals surface area contributed by atoms with E-state index in [0.717, 1.165) is 29.4 Å². The Hall–Kier alpha value is -3.15. The van der Waals surface area contributed by atoms with E-state index in [1.807, 2.05) is 47.3 Å². The number of benzene rings is 1. The number of aliphatic imine (C=N–C) groups is 1. The molecule has 0 atom stereocenters. The fraction of sp³-hybridized carbons (Fsp3) is 0.211.